The van der Waals surface area contributed by atoms with Gasteiger partial charge < -0.3 is 14.8 Å². The van der Waals surface area contributed by atoms with Crippen molar-refractivity contribution in [3.05, 3.63) is 29.3 Å². The Morgan fingerprint density at radius 2 is 1.95 bits per heavy atom. The van der Waals surface area contributed by atoms with Crippen molar-refractivity contribution >= 4 is 16.7 Å². The molecule has 2 fully saturated rings. The molecule has 2 saturated heterocycles. The van der Waals surface area contributed by atoms with Gasteiger partial charge in [0.05, 0.1) is 0 Å². The van der Waals surface area contributed by atoms with Crippen LogP contribution in [0, 0.1) is 0 Å². The van der Waals surface area contributed by atoms with Crippen LogP contribution in [0.2, 0.25) is 0 Å². The summed E-state index contributed by atoms with van der Waals surface area (Å²) < 4.78 is 2.44. The molecule has 0 saturated carbocycles. The highest BCUT2D eigenvalue weighted by Crippen LogP contribution is 2.47. The number of hydrogen-bond acceptors (Lipinski definition) is 2. The molecule has 116 valence electrons. The van der Waals surface area contributed by atoms with E-state index in [1.165, 1.54) is 62.0 Å². The van der Waals surface area contributed by atoms with E-state index in [1.54, 1.807) is 11.1 Å². The van der Waals surface area contributed by atoms with Gasteiger partial charge >= 0.3 is 0 Å². The molecule has 3 nitrogen and oxygen atoms in total. The molecule has 2 aromatic rings. The standard InChI is InChI=1S/C19H25N3/c1-21-17-5-4-14(15-3-2-8-20-12-15)11-16(17)18-13-6-9-22(10-7-13)19(18)21/h4-5,11,13,15,20H,2-3,6-10,12H2,1H3. The van der Waals surface area contributed by atoms with Crippen molar-refractivity contribution in [2.24, 2.45) is 7.05 Å². The number of benzene rings is 1. The molecule has 6 rings (SSSR count). The molecule has 1 aromatic heterocycles. The van der Waals surface area contributed by atoms with Gasteiger partial charge in [-0.3, -0.25) is 0 Å². The normalized spacial score (nSPS) is 25.0. The van der Waals surface area contributed by atoms with Crippen LogP contribution in [0.1, 0.15) is 48.6 Å². The second-order valence-corrected chi connectivity index (χ2v) is 7.38. The maximum Gasteiger partial charge on any atom is 0.112 e. The molecule has 5 heterocycles. The average molecular weight is 295 g/mol. The lowest BCUT2D eigenvalue weighted by Crippen LogP contribution is -2.39. The summed E-state index contributed by atoms with van der Waals surface area (Å²) in [4.78, 5) is 2.61. The van der Waals surface area contributed by atoms with E-state index < -0.39 is 0 Å². The van der Waals surface area contributed by atoms with Gasteiger partial charge in [-0.25, -0.2) is 0 Å². The highest BCUT2D eigenvalue weighted by atomic mass is 15.3. The van der Waals surface area contributed by atoms with Crippen LogP contribution in [0.4, 0.5) is 5.82 Å². The molecule has 4 aliphatic heterocycles. The fourth-order valence-corrected chi connectivity index (χ4v) is 5.03. The third kappa shape index (κ3) is 1.72. The molecule has 4 aliphatic rings. The highest BCUT2D eigenvalue weighted by molar-refractivity contribution is 5.92. The summed E-state index contributed by atoms with van der Waals surface area (Å²) in [5.74, 6) is 3.01. The van der Waals surface area contributed by atoms with E-state index in [1.807, 2.05) is 0 Å². The van der Waals surface area contributed by atoms with E-state index >= 15 is 0 Å². The minimum atomic E-state index is 0.704. The summed E-state index contributed by atoms with van der Waals surface area (Å²) >= 11 is 0. The molecule has 2 bridgehead atoms. The molecule has 22 heavy (non-hydrogen) atoms. The SMILES string of the molecule is Cn1c2c(c3cc(C4CCCNC4)ccc31)C1CCN2CC1. The molecule has 1 unspecified atom stereocenters. The largest absolute Gasteiger partial charge is 0.358 e. The first kappa shape index (κ1) is 13.0. The zero-order valence-electron chi connectivity index (χ0n) is 13.4. The fourth-order valence-electron chi connectivity index (χ4n) is 5.03. The van der Waals surface area contributed by atoms with Gasteiger partial charge in [-0.1, -0.05) is 6.07 Å². The Labute approximate surface area is 132 Å². The Morgan fingerprint density at radius 3 is 2.73 bits per heavy atom. The van der Waals surface area contributed by atoms with Gasteiger partial charge in [-0.2, -0.15) is 0 Å². The molecule has 0 amide bonds. The van der Waals surface area contributed by atoms with E-state index in [0.29, 0.717) is 5.92 Å². The van der Waals surface area contributed by atoms with E-state index in [0.717, 1.165) is 12.5 Å². The van der Waals surface area contributed by atoms with Gasteiger partial charge in [-0.15, -0.1) is 0 Å². The van der Waals surface area contributed by atoms with Gasteiger partial charge in [0.15, 0.2) is 0 Å². The van der Waals surface area contributed by atoms with Crippen molar-refractivity contribution in [3.8, 4) is 0 Å². The zero-order valence-corrected chi connectivity index (χ0v) is 13.4. The Balaban J connectivity index is 1.68. The van der Waals surface area contributed by atoms with E-state index in [4.69, 9.17) is 0 Å². The lowest BCUT2D eigenvalue weighted by Gasteiger charge is -2.41. The first-order valence-electron chi connectivity index (χ1n) is 8.91. The zero-order chi connectivity index (χ0) is 14.7. The number of piperidine rings is 2. The molecule has 0 radical (unpaired) electrons. The molecular weight excluding hydrogens is 270 g/mol. The number of nitrogens with zero attached hydrogens (tertiary/aromatic N) is 2. The third-order valence-electron chi connectivity index (χ3n) is 6.20. The Kier molecular flexibility index (Phi) is 2.81. The van der Waals surface area contributed by atoms with Crippen LogP contribution in [-0.2, 0) is 7.05 Å². The number of nitrogens with one attached hydrogen (secondary N) is 1. The smallest absolute Gasteiger partial charge is 0.112 e. The fraction of sp³-hybridized carbons (Fsp3) is 0.579. The molecular formula is C19H25N3. The predicted octanol–water partition coefficient (Wildman–Crippen LogP) is 3.34. The van der Waals surface area contributed by atoms with E-state index in [-0.39, 0.29) is 0 Å². The predicted molar refractivity (Wildman–Crippen MR) is 92.0 cm³/mol. The maximum atomic E-state index is 3.56. The Hall–Kier alpha value is -1.48. The van der Waals surface area contributed by atoms with Crippen LogP contribution in [0.5, 0.6) is 0 Å². The van der Waals surface area contributed by atoms with E-state index in [9.17, 15) is 0 Å². The van der Waals surface area contributed by atoms with Gasteiger partial charge in [-0.05, 0) is 61.8 Å². The second kappa shape index (κ2) is 4.76. The molecule has 1 aromatic carbocycles. The quantitative estimate of drug-likeness (QED) is 0.870. The number of rotatable bonds is 1. The van der Waals surface area contributed by atoms with Crippen LogP contribution in [0.25, 0.3) is 10.9 Å². The summed E-state index contributed by atoms with van der Waals surface area (Å²) in [6, 6.07) is 7.27. The first-order chi connectivity index (χ1) is 10.8. The number of anilines is 1. The number of aryl methyl sites for hydroxylation is 1. The molecule has 0 spiro atoms. The molecule has 0 aliphatic carbocycles. The van der Waals surface area contributed by atoms with Crippen molar-refractivity contribution in [3.63, 3.8) is 0 Å². The summed E-state index contributed by atoms with van der Waals surface area (Å²) in [6.45, 7) is 4.84. The first-order valence-corrected chi connectivity index (χ1v) is 8.91. The van der Waals surface area contributed by atoms with Gasteiger partial charge in [0.2, 0.25) is 0 Å². The number of aromatic nitrogens is 1. The summed E-state index contributed by atoms with van der Waals surface area (Å²) in [5.41, 5.74) is 4.63. The summed E-state index contributed by atoms with van der Waals surface area (Å²) in [5, 5.41) is 5.10. The van der Waals surface area contributed by atoms with Crippen molar-refractivity contribution < 1.29 is 0 Å². The Bertz CT molecular complexity index is 716. The van der Waals surface area contributed by atoms with Crippen LogP contribution in [0.15, 0.2) is 18.2 Å². The second-order valence-electron chi connectivity index (χ2n) is 7.38. The molecule has 1 N–H and O–H groups in total. The van der Waals surface area contributed by atoms with Gasteiger partial charge in [0, 0.05) is 43.1 Å². The molecule has 3 heteroatoms. The topological polar surface area (TPSA) is 20.2 Å². The van der Waals surface area contributed by atoms with Crippen LogP contribution in [0.3, 0.4) is 0 Å². The highest BCUT2D eigenvalue weighted by Gasteiger charge is 2.35. The minimum Gasteiger partial charge on any atom is -0.358 e. The van der Waals surface area contributed by atoms with Crippen LogP contribution in [-0.4, -0.2) is 30.7 Å². The van der Waals surface area contributed by atoms with Gasteiger partial charge in [0.25, 0.3) is 0 Å². The van der Waals surface area contributed by atoms with Crippen molar-refractivity contribution in [2.45, 2.75) is 37.5 Å². The lowest BCUT2D eigenvalue weighted by molar-refractivity contribution is 0.461. The summed E-state index contributed by atoms with van der Waals surface area (Å²) in [6.07, 6.45) is 5.34. The lowest BCUT2D eigenvalue weighted by atomic mass is 9.83. The van der Waals surface area contributed by atoms with E-state index in [2.05, 4.69) is 40.0 Å². The maximum absolute atomic E-state index is 3.56. The minimum absolute atomic E-state index is 0.704. The van der Waals surface area contributed by atoms with Crippen molar-refractivity contribution in [2.75, 3.05) is 31.1 Å². The van der Waals surface area contributed by atoms with Crippen molar-refractivity contribution in [1.82, 2.24) is 9.88 Å². The molecule has 1 atom stereocenters. The monoisotopic (exact) mass is 295 g/mol. The number of fused-ring (bicyclic) bond motifs is 3. The Morgan fingerprint density at radius 1 is 1.09 bits per heavy atom. The van der Waals surface area contributed by atoms with Crippen LogP contribution >= 0.6 is 0 Å². The number of hydrogen-bond donors (Lipinski definition) is 1. The summed E-state index contributed by atoms with van der Waals surface area (Å²) in [7, 11) is 2.25. The van der Waals surface area contributed by atoms with Crippen molar-refractivity contribution in [1.29, 1.82) is 0 Å². The third-order valence-corrected chi connectivity index (χ3v) is 6.20. The van der Waals surface area contributed by atoms with Gasteiger partial charge in [0.1, 0.15) is 5.82 Å². The average Bonchev–Trinajstić information content (AvgIpc) is 2.92. The van der Waals surface area contributed by atoms with Crippen LogP contribution < -0.4 is 10.2 Å².